The van der Waals surface area contributed by atoms with Gasteiger partial charge in [0.25, 0.3) is 0 Å². The summed E-state index contributed by atoms with van der Waals surface area (Å²) in [5.41, 5.74) is 1.10. The van der Waals surface area contributed by atoms with Gasteiger partial charge >= 0.3 is 0 Å². The van der Waals surface area contributed by atoms with Crippen molar-refractivity contribution in [1.29, 1.82) is 0 Å². The third kappa shape index (κ3) is 2.62. The summed E-state index contributed by atoms with van der Waals surface area (Å²) in [5.74, 6) is -0.186. The topological polar surface area (TPSA) is 67.2 Å². The van der Waals surface area contributed by atoms with E-state index < -0.39 is 5.54 Å². The number of carbonyl (C=O) groups is 2. The van der Waals surface area contributed by atoms with Crippen molar-refractivity contribution >= 4 is 11.8 Å². The first-order chi connectivity index (χ1) is 8.83. The van der Waals surface area contributed by atoms with E-state index in [4.69, 9.17) is 0 Å². The maximum Gasteiger partial charge on any atom is 0.248 e. The molecule has 0 bridgehead atoms. The van der Waals surface area contributed by atoms with Crippen LogP contribution < -0.4 is 5.32 Å². The van der Waals surface area contributed by atoms with Crippen LogP contribution in [0.5, 0.6) is 0 Å². The van der Waals surface area contributed by atoms with Crippen molar-refractivity contribution in [3.05, 3.63) is 17.5 Å². The van der Waals surface area contributed by atoms with Gasteiger partial charge in [0.15, 0.2) is 0 Å². The zero-order valence-corrected chi connectivity index (χ0v) is 11.9. The van der Waals surface area contributed by atoms with Gasteiger partial charge in [0.1, 0.15) is 12.1 Å². The molecule has 1 aromatic heterocycles. The second-order valence-electron chi connectivity index (χ2n) is 5.44. The molecule has 104 valence electrons. The molecule has 2 amide bonds. The van der Waals surface area contributed by atoms with Crippen molar-refractivity contribution in [3.8, 4) is 0 Å². The second kappa shape index (κ2) is 4.68. The summed E-state index contributed by atoms with van der Waals surface area (Å²) in [5, 5.41) is 7.05. The molecular weight excluding hydrogens is 244 g/mol. The van der Waals surface area contributed by atoms with E-state index in [0.717, 1.165) is 17.8 Å². The highest BCUT2D eigenvalue weighted by Gasteiger charge is 2.39. The highest BCUT2D eigenvalue weighted by Crippen LogP contribution is 2.16. The predicted octanol–water partition coefficient (Wildman–Crippen LogP) is 0.219. The van der Waals surface area contributed by atoms with Crippen molar-refractivity contribution in [3.63, 3.8) is 0 Å². The number of carbonyl (C=O) groups excluding carboxylic acids is 2. The molecule has 0 radical (unpaired) electrons. The molecule has 6 heteroatoms. The molecule has 1 aliphatic rings. The fourth-order valence-corrected chi connectivity index (χ4v) is 2.30. The lowest BCUT2D eigenvalue weighted by Crippen LogP contribution is -2.63. The van der Waals surface area contributed by atoms with Gasteiger partial charge in [0.2, 0.25) is 11.8 Å². The quantitative estimate of drug-likeness (QED) is 0.849. The van der Waals surface area contributed by atoms with E-state index in [1.165, 1.54) is 0 Å². The molecule has 1 aliphatic heterocycles. The largest absolute Gasteiger partial charge is 0.341 e. The molecule has 1 fully saturated rings. The third-order valence-corrected chi connectivity index (χ3v) is 3.35. The Balaban J connectivity index is 2.19. The standard InChI is InChI=1S/C13H20N4O2/c1-5-9-6-10(16(4)15-9)7-17-8-11(18)14-13(2,3)12(17)19/h6H,5,7-8H2,1-4H3,(H,14,18). The van der Waals surface area contributed by atoms with Gasteiger partial charge < -0.3 is 10.2 Å². The zero-order chi connectivity index (χ0) is 14.2. The van der Waals surface area contributed by atoms with Crippen LogP contribution in [0.1, 0.15) is 32.2 Å². The first-order valence-electron chi connectivity index (χ1n) is 6.45. The predicted molar refractivity (Wildman–Crippen MR) is 70.2 cm³/mol. The van der Waals surface area contributed by atoms with Crippen LogP contribution >= 0.6 is 0 Å². The van der Waals surface area contributed by atoms with Gasteiger partial charge in [-0.2, -0.15) is 5.10 Å². The van der Waals surface area contributed by atoms with Crippen LogP contribution in [0.25, 0.3) is 0 Å². The fraction of sp³-hybridized carbons (Fsp3) is 0.615. The number of piperazine rings is 1. The summed E-state index contributed by atoms with van der Waals surface area (Å²) in [4.78, 5) is 25.5. The SMILES string of the molecule is CCc1cc(CN2CC(=O)NC(C)(C)C2=O)n(C)n1. The number of hydrogen-bond donors (Lipinski definition) is 1. The maximum absolute atomic E-state index is 12.3. The van der Waals surface area contributed by atoms with Gasteiger partial charge in [-0.25, -0.2) is 0 Å². The van der Waals surface area contributed by atoms with Gasteiger partial charge in [0, 0.05) is 7.05 Å². The minimum Gasteiger partial charge on any atom is -0.341 e. The summed E-state index contributed by atoms with van der Waals surface area (Å²) >= 11 is 0. The van der Waals surface area contributed by atoms with Gasteiger partial charge in [-0.15, -0.1) is 0 Å². The Morgan fingerprint density at radius 3 is 2.68 bits per heavy atom. The lowest BCUT2D eigenvalue weighted by molar-refractivity contribution is -0.149. The molecule has 0 spiro atoms. The van der Waals surface area contributed by atoms with E-state index in [9.17, 15) is 9.59 Å². The summed E-state index contributed by atoms with van der Waals surface area (Å²) in [7, 11) is 1.86. The fourth-order valence-electron chi connectivity index (χ4n) is 2.30. The van der Waals surface area contributed by atoms with Crippen LogP contribution in [0.3, 0.4) is 0 Å². The summed E-state index contributed by atoms with van der Waals surface area (Å²) in [6, 6.07) is 1.98. The smallest absolute Gasteiger partial charge is 0.248 e. The molecular formula is C13H20N4O2. The molecule has 6 nitrogen and oxygen atoms in total. The molecule has 0 aliphatic carbocycles. The molecule has 0 unspecified atom stereocenters. The van der Waals surface area contributed by atoms with Crippen LogP contribution in [-0.4, -0.2) is 38.6 Å². The normalized spacial score (nSPS) is 18.6. The molecule has 0 aromatic carbocycles. The zero-order valence-electron chi connectivity index (χ0n) is 11.9. The van der Waals surface area contributed by atoms with E-state index in [1.54, 1.807) is 23.4 Å². The second-order valence-corrected chi connectivity index (χ2v) is 5.44. The van der Waals surface area contributed by atoms with Gasteiger partial charge in [0.05, 0.1) is 17.9 Å². The number of nitrogens with one attached hydrogen (secondary N) is 1. The van der Waals surface area contributed by atoms with Gasteiger partial charge in [-0.3, -0.25) is 14.3 Å². The van der Waals surface area contributed by atoms with Crippen LogP contribution in [-0.2, 0) is 29.6 Å². The Kier molecular flexibility index (Phi) is 3.34. The average molecular weight is 264 g/mol. The highest BCUT2D eigenvalue weighted by molar-refractivity contribution is 5.97. The van der Waals surface area contributed by atoms with Crippen molar-refractivity contribution in [1.82, 2.24) is 20.0 Å². The summed E-state index contributed by atoms with van der Waals surface area (Å²) in [6.45, 7) is 6.00. The molecule has 19 heavy (non-hydrogen) atoms. The van der Waals surface area contributed by atoms with E-state index >= 15 is 0 Å². The van der Waals surface area contributed by atoms with Crippen molar-refractivity contribution in [2.45, 2.75) is 39.3 Å². The monoisotopic (exact) mass is 264 g/mol. The third-order valence-electron chi connectivity index (χ3n) is 3.35. The Bertz CT molecular complexity index is 519. The van der Waals surface area contributed by atoms with Crippen LogP contribution in [0.4, 0.5) is 0 Å². The molecule has 0 atom stereocenters. The van der Waals surface area contributed by atoms with E-state index in [2.05, 4.69) is 10.4 Å². The highest BCUT2D eigenvalue weighted by atomic mass is 16.2. The minimum atomic E-state index is -0.832. The van der Waals surface area contributed by atoms with Crippen LogP contribution in [0.15, 0.2) is 6.07 Å². The number of amides is 2. The number of aryl methyl sites for hydroxylation is 2. The van der Waals surface area contributed by atoms with Gasteiger partial charge in [-0.05, 0) is 26.3 Å². The average Bonchev–Trinajstić information content (AvgIpc) is 2.66. The van der Waals surface area contributed by atoms with Crippen molar-refractivity contribution < 1.29 is 9.59 Å². The molecule has 1 aromatic rings. The molecule has 1 saturated heterocycles. The van der Waals surface area contributed by atoms with E-state index in [1.807, 2.05) is 20.0 Å². The summed E-state index contributed by atoms with van der Waals surface area (Å²) in [6.07, 6.45) is 0.855. The Morgan fingerprint density at radius 2 is 2.11 bits per heavy atom. The first-order valence-corrected chi connectivity index (χ1v) is 6.45. The lowest BCUT2D eigenvalue weighted by Gasteiger charge is -2.37. The van der Waals surface area contributed by atoms with Crippen LogP contribution in [0.2, 0.25) is 0 Å². The molecule has 1 N–H and O–H groups in total. The Morgan fingerprint density at radius 1 is 1.42 bits per heavy atom. The molecule has 2 heterocycles. The minimum absolute atomic E-state index is 0.0636. The van der Waals surface area contributed by atoms with Crippen molar-refractivity contribution in [2.75, 3.05) is 6.54 Å². The molecule has 2 rings (SSSR count). The Labute approximate surface area is 112 Å². The first kappa shape index (κ1) is 13.6. The van der Waals surface area contributed by atoms with Crippen LogP contribution in [0, 0.1) is 0 Å². The lowest BCUT2D eigenvalue weighted by atomic mass is 10.0. The number of hydrogen-bond acceptors (Lipinski definition) is 3. The Hall–Kier alpha value is -1.85. The number of aromatic nitrogens is 2. The number of rotatable bonds is 3. The van der Waals surface area contributed by atoms with Gasteiger partial charge in [-0.1, -0.05) is 6.92 Å². The van der Waals surface area contributed by atoms with E-state index in [-0.39, 0.29) is 18.4 Å². The summed E-state index contributed by atoms with van der Waals surface area (Å²) < 4.78 is 1.77. The molecule has 0 saturated carbocycles. The maximum atomic E-state index is 12.3. The van der Waals surface area contributed by atoms with E-state index in [0.29, 0.717) is 6.54 Å². The van der Waals surface area contributed by atoms with Crippen molar-refractivity contribution in [2.24, 2.45) is 7.05 Å². The number of nitrogens with zero attached hydrogens (tertiary/aromatic N) is 3.